The van der Waals surface area contributed by atoms with Crippen LogP contribution in [-0.4, -0.2) is 36.9 Å². The second kappa shape index (κ2) is 7.84. The number of alkyl halides is 3. The second-order valence-corrected chi connectivity index (χ2v) is 9.65. The van der Waals surface area contributed by atoms with Crippen LogP contribution in [-0.2, 0) is 14.6 Å². The summed E-state index contributed by atoms with van der Waals surface area (Å²) in [6.07, 6.45) is 1.62. The number of hydrogen-bond acceptors (Lipinski definition) is 5. The van der Waals surface area contributed by atoms with Gasteiger partial charge < -0.3 is 5.32 Å². The molecule has 1 fully saturated rings. The first-order valence-corrected chi connectivity index (χ1v) is 11.3. The predicted octanol–water partition coefficient (Wildman–Crippen LogP) is 4.07. The molecule has 11 heteroatoms. The van der Waals surface area contributed by atoms with Crippen LogP contribution in [0.3, 0.4) is 0 Å². The van der Waals surface area contributed by atoms with Crippen LogP contribution in [0.1, 0.15) is 24.0 Å². The summed E-state index contributed by atoms with van der Waals surface area (Å²) < 4.78 is 61.4. The van der Waals surface area contributed by atoms with Crippen molar-refractivity contribution in [3.05, 3.63) is 65.9 Å². The molecular formula is C22H18F3N3O4S. The van der Waals surface area contributed by atoms with E-state index < -0.39 is 44.1 Å². The molecule has 3 amide bonds. The fraction of sp³-hybridized carbons (Fsp3) is 0.227. The van der Waals surface area contributed by atoms with Gasteiger partial charge in [0.1, 0.15) is 6.04 Å². The molecule has 0 radical (unpaired) electrons. The van der Waals surface area contributed by atoms with Gasteiger partial charge in [0.05, 0.1) is 16.1 Å². The molecule has 2 unspecified atom stereocenters. The number of aryl methyl sites for hydroxylation is 1. The van der Waals surface area contributed by atoms with Gasteiger partial charge in [0, 0.05) is 17.5 Å². The monoisotopic (exact) mass is 477 g/mol. The lowest BCUT2D eigenvalue weighted by atomic mass is 9.90. The molecule has 172 valence electrons. The molecule has 0 bridgehead atoms. The standard InChI is InChI=1S/C22H18F3N3O4S/c1-12-4-3-5-17-16(10-11-26-18(12)17)13(2)19-20(29)28(21(30)27-19)14-6-8-15(9-7-14)33(31,32)22(23,24)25/h3-11,13,19H,1-2H3,(H,27,30). The first-order chi connectivity index (χ1) is 15.4. The Hall–Kier alpha value is -3.47. The highest BCUT2D eigenvalue weighted by molar-refractivity contribution is 7.92. The third-order valence-corrected chi connectivity index (χ3v) is 7.18. The van der Waals surface area contributed by atoms with E-state index in [0.717, 1.165) is 39.1 Å². The van der Waals surface area contributed by atoms with Gasteiger partial charge in [-0.05, 0) is 48.4 Å². The van der Waals surface area contributed by atoms with Crippen LogP contribution in [0.4, 0.5) is 23.7 Å². The quantitative estimate of drug-likeness (QED) is 0.572. The zero-order valence-corrected chi connectivity index (χ0v) is 18.2. The fourth-order valence-electron chi connectivity index (χ4n) is 3.91. The fourth-order valence-corrected chi connectivity index (χ4v) is 4.67. The van der Waals surface area contributed by atoms with Gasteiger partial charge in [0.25, 0.3) is 15.7 Å². The zero-order valence-electron chi connectivity index (χ0n) is 17.4. The van der Waals surface area contributed by atoms with Crippen molar-refractivity contribution in [2.75, 3.05) is 4.90 Å². The number of carbonyl (C=O) groups is 2. The lowest BCUT2D eigenvalue weighted by Gasteiger charge is -2.20. The van der Waals surface area contributed by atoms with Gasteiger partial charge in [-0.25, -0.2) is 18.1 Å². The van der Waals surface area contributed by atoms with E-state index in [1.807, 2.05) is 25.1 Å². The number of aromatic nitrogens is 1. The molecule has 2 aromatic carbocycles. The van der Waals surface area contributed by atoms with Gasteiger partial charge in [-0.1, -0.05) is 25.1 Å². The van der Waals surface area contributed by atoms with E-state index in [2.05, 4.69) is 10.3 Å². The normalized spacial score (nSPS) is 18.0. The number of para-hydroxylation sites is 1. The number of pyridine rings is 1. The number of hydrogen-bond donors (Lipinski definition) is 1. The van der Waals surface area contributed by atoms with Crippen LogP contribution >= 0.6 is 0 Å². The van der Waals surface area contributed by atoms with Crippen molar-refractivity contribution >= 4 is 38.4 Å². The average Bonchev–Trinajstić information content (AvgIpc) is 3.06. The number of urea groups is 1. The summed E-state index contributed by atoms with van der Waals surface area (Å²) in [7, 11) is -5.54. The molecule has 4 rings (SSSR count). The Kier molecular flexibility index (Phi) is 5.39. The number of fused-ring (bicyclic) bond motifs is 1. The van der Waals surface area contributed by atoms with Crippen LogP contribution in [0.2, 0.25) is 0 Å². The molecule has 1 aliphatic rings. The minimum Gasteiger partial charge on any atom is -0.325 e. The van der Waals surface area contributed by atoms with Crippen molar-refractivity contribution in [1.82, 2.24) is 10.3 Å². The number of amides is 3. The first kappa shape index (κ1) is 22.7. The molecule has 0 aliphatic carbocycles. The molecule has 1 aromatic heterocycles. The van der Waals surface area contributed by atoms with Gasteiger partial charge in [-0.3, -0.25) is 9.78 Å². The summed E-state index contributed by atoms with van der Waals surface area (Å²) >= 11 is 0. The van der Waals surface area contributed by atoms with Gasteiger partial charge in [-0.2, -0.15) is 13.2 Å². The van der Waals surface area contributed by atoms with Gasteiger partial charge in [-0.15, -0.1) is 0 Å². The number of imide groups is 1. The molecule has 0 saturated carbocycles. The van der Waals surface area contributed by atoms with Crippen LogP contribution in [0, 0.1) is 6.92 Å². The molecule has 33 heavy (non-hydrogen) atoms. The SMILES string of the molecule is Cc1cccc2c(C(C)C3NC(=O)N(c4ccc(S(=O)(=O)C(F)(F)F)cc4)C3=O)ccnc12. The van der Waals surface area contributed by atoms with E-state index in [0.29, 0.717) is 12.1 Å². The number of anilines is 1. The summed E-state index contributed by atoms with van der Waals surface area (Å²) in [5, 5.41) is 3.46. The van der Waals surface area contributed by atoms with E-state index in [-0.39, 0.29) is 5.69 Å². The molecule has 0 spiro atoms. The second-order valence-electron chi connectivity index (χ2n) is 7.70. The van der Waals surface area contributed by atoms with E-state index in [1.54, 1.807) is 19.2 Å². The number of carbonyl (C=O) groups excluding carboxylic acids is 2. The topological polar surface area (TPSA) is 96.4 Å². The van der Waals surface area contributed by atoms with E-state index in [1.165, 1.54) is 0 Å². The largest absolute Gasteiger partial charge is 0.501 e. The Bertz CT molecular complexity index is 1370. The van der Waals surface area contributed by atoms with Crippen molar-refractivity contribution in [3.8, 4) is 0 Å². The smallest absolute Gasteiger partial charge is 0.325 e. The number of nitrogens with zero attached hydrogens (tertiary/aromatic N) is 2. The summed E-state index contributed by atoms with van der Waals surface area (Å²) in [6, 6.07) is 9.17. The average molecular weight is 477 g/mol. The van der Waals surface area contributed by atoms with Crippen molar-refractivity contribution in [2.24, 2.45) is 0 Å². The number of rotatable bonds is 4. The first-order valence-electron chi connectivity index (χ1n) is 9.83. The van der Waals surface area contributed by atoms with Gasteiger partial charge in [0.15, 0.2) is 0 Å². The van der Waals surface area contributed by atoms with Crippen molar-refractivity contribution in [2.45, 2.75) is 36.2 Å². The summed E-state index contributed by atoms with van der Waals surface area (Å²) in [5.41, 5.74) is -2.96. The Morgan fingerprint density at radius 3 is 2.36 bits per heavy atom. The maximum Gasteiger partial charge on any atom is 0.501 e. The van der Waals surface area contributed by atoms with Crippen molar-refractivity contribution in [3.63, 3.8) is 0 Å². The Morgan fingerprint density at radius 2 is 1.73 bits per heavy atom. The third-order valence-electron chi connectivity index (χ3n) is 5.68. The molecule has 7 nitrogen and oxygen atoms in total. The lowest BCUT2D eigenvalue weighted by Crippen LogP contribution is -2.35. The minimum absolute atomic E-state index is 0.0382. The third kappa shape index (κ3) is 3.71. The van der Waals surface area contributed by atoms with Crippen LogP contribution in [0.15, 0.2) is 59.6 Å². The molecule has 1 N–H and O–H groups in total. The highest BCUT2D eigenvalue weighted by Crippen LogP contribution is 2.34. The van der Waals surface area contributed by atoms with Crippen molar-refractivity contribution < 1.29 is 31.2 Å². The molecule has 2 heterocycles. The highest BCUT2D eigenvalue weighted by atomic mass is 32.2. The number of sulfone groups is 1. The predicted molar refractivity (Wildman–Crippen MR) is 114 cm³/mol. The summed E-state index contributed by atoms with van der Waals surface area (Å²) in [6.45, 7) is 3.69. The van der Waals surface area contributed by atoms with E-state index in [9.17, 15) is 31.2 Å². The summed E-state index contributed by atoms with van der Waals surface area (Å²) in [5.74, 6) is -1.04. The Balaban J connectivity index is 1.65. The molecule has 3 aromatic rings. The maximum absolute atomic E-state index is 13.1. The van der Waals surface area contributed by atoms with E-state index in [4.69, 9.17) is 0 Å². The van der Waals surface area contributed by atoms with Crippen LogP contribution < -0.4 is 10.2 Å². The Labute approximate surface area is 187 Å². The molecular weight excluding hydrogens is 459 g/mol. The lowest BCUT2D eigenvalue weighted by molar-refractivity contribution is -0.118. The van der Waals surface area contributed by atoms with E-state index >= 15 is 0 Å². The van der Waals surface area contributed by atoms with Crippen LogP contribution in [0.5, 0.6) is 0 Å². The molecule has 1 aliphatic heterocycles. The minimum atomic E-state index is -5.54. The number of benzene rings is 2. The highest BCUT2D eigenvalue weighted by Gasteiger charge is 2.47. The molecule has 1 saturated heterocycles. The summed E-state index contributed by atoms with van der Waals surface area (Å²) in [4.78, 5) is 29.9. The van der Waals surface area contributed by atoms with Gasteiger partial charge >= 0.3 is 11.5 Å². The Morgan fingerprint density at radius 1 is 1.06 bits per heavy atom. The molecule has 2 atom stereocenters. The van der Waals surface area contributed by atoms with Gasteiger partial charge in [0.2, 0.25) is 0 Å². The number of nitrogens with one attached hydrogen (secondary N) is 1. The van der Waals surface area contributed by atoms with Crippen molar-refractivity contribution in [1.29, 1.82) is 0 Å². The number of halogens is 3. The maximum atomic E-state index is 13.1. The van der Waals surface area contributed by atoms with Crippen LogP contribution in [0.25, 0.3) is 10.9 Å². The zero-order chi connectivity index (χ0) is 24.1.